The number of nitrogens with one attached hydrogen (secondary N) is 1. The zero-order chi connectivity index (χ0) is 16.7. The second-order valence-electron chi connectivity index (χ2n) is 5.35. The fraction of sp³-hybridized carbons (Fsp3) is 0.333. The predicted molar refractivity (Wildman–Crippen MR) is 95.2 cm³/mol. The zero-order valence-electron chi connectivity index (χ0n) is 13.1. The molecule has 0 aliphatic rings. The number of hydrogen-bond donors (Lipinski definition) is 2. The highest BCUT2D eigenvalue weighted by atomic mass is 35.5. The molecule has 2 aromatic rings. The third kappa shape index (κ3) is 5.70. The van der Waals surface area contributed by atoms with Crippen LogP contribution in [0.15, 0.2) is 42.5 Å². The van der Waals surface area contributed by atoms with E-state index in [9.17, 15) is 5.11 Å². The molecule has 0 radical (unpaired) electrons. The molecule has 1 atom stereocenters. The summed E-state index contributed by atoms with van der Waals surface area (Å²) in [6.45, 7) is 3.32. The lowest BCUT2D eigenvalue weighted by atomic mass is 10.2. The second kappa shape index (κ2) is 9.14. The van der Waals surface area contributed by atoms with Crippen molar-refractivity contribution in [2.75, 3.05) is 6.61 Å². The van der Waals surface area contributed by atoms with Crippen molar-refractivity contribution in [2.24, 2.45) is 0 Å². The van der Waals surface area contributed by atoms with Crippen molar-refractivity contribution in [1.29, 1.82) is 0 Å². The van der Waals surface area contributed by atoms with Gasteiger partial charge < -0.3 is 15.2 Å². The van der Waals surface area contributed by atoms with Gasteiger partial charge in [-0.05, 0) is 41.8 Å². The van der Waals surface area contributed by atoms with E-state index in [2.05, 4.69) is 5.32 Å². The largest absolute Gasteiger partial charge is 0.489 e. The molecule has 124 valence electrons. The van der Waals surface area contributed by atoms with Crippen molar-refractivity contribution in [3.05, 3.63) is 63.6 Å². The molecule has 5 heteroatoms. The van der Waals surface area contributed by atoms with Crippen molar-refractivity contribution in [3.8, 4) is 5.75 Å². The van der Waals surface area contributed by atoms with E-state index in [0.29, 0.717) is 23.2 Å². The number of hydrogen-bond acceptors (Lipinski definition) is 3. The molecule has 0 saturated heterocycles. The fourth-order valence-corrected chi connectivity index (χ4v) is 2.46. The maximum atomic E-state index is 9.20. The summed E-state index contributed by atoms with van der Waals surface area (Å²) in [6.07, 6.45) is 0.893. The summed E-state index contributed by atoms with van der Waals surface area (Å²) < 4.78 is 5.81. The van der Waals surface area contributed by atoms with E-state index in [4.69, 9.17) is 27.9 Å². The summed E-state index contributed by atoms with van der Waals surface area (Å²) in [6, 6.07) is 13.5. The predicted octanol–water partition coefficient (Wildman–Crippen LogP) is 4.43. The molecule has 0 heterocycles. The molecule has 0 aliphatic carbocycles. The first-order valence-corrected chi connectivity index (χ1v) is 8.38. The van der Waals surface area contributed by atoms with Crippen molar-refractivity contribution in [2.45, 2.75) is 32.5 Å². The van der Waals surface area contributed by atoms with E-state index in [1.165, 1.54) is 0 Å². The summed E-state index contributed by atoms with van der Waals surface area (Å²) in [5.41, 5.74) is 2.08. The van der Waals surface area contributed by atoms with Crippen LogP contribution < -0.4 is 10.1 Å². The molecule has 2 N–H and O–H groups in total. The minimum absolute atomic E-state index is 0.121. The Bertz CT molecular complexity index is 630. The molecule has 23 heavy (non-hydrogen) atoms. The number of aliphatic hydroxyl groups excluding tert-OH is 1. The molecule has 0 fully saturated rings. The van der Waals surface area contributed by atoms with E-state index in [1.54, 1.807) is 6.07 Å². The quantitative estimate of drug-likeness (QED) is 0.737. The smallest absolute Gasteiger partial charge is 0.120 e. The molecule has 0 unspecified atom stereocenters. The van der Waals surface area contributed by atoms with Crippen LogP contribution in [0.1, 0.15) is 24.5 Å². The van der Waals surface area contributed by atoms with Crippen molar-refractivity contribution in [1.82, 2.24) is 5.32 Å². The monoisotopic (exact) mass is 353 g/mol. The van der Waals surface area contributed by atoms with Crippen LogP contribution in [0.3, 0.4) is 0 Å². The van der Waals surface area contributed by atoms with Crippen LogP contribution in [0.4, 0.5) is 0 Å². The lowest BCUT2D eigenvalue weighted by Crippen LogP contribution is -2.31. The van der Waals surface area contributed by atoms with Crippen molar-refractivity contribution >= 4 is 23.2 Å². The zero-order valence-corrected chi connectivity index (χ0v) is 14.6. The standard InChI is InChI=1S/C18H21Cl2NO2/c1-2-15(11-22)21-10-13-4-3-5-16(8-13)23-12-14-6-7-17(19)18(20)9-14/h3-9,15,21-22H,2,10-12H2,1H3/t15-/m1/s1. The van der Waals surface area contributed by atoms with Crippen LogP contribution in [0, 0.1) is 0 Å². The van der Waals surface area contributed by atoms with Crippen LogP contribution in [-0.2, 0) is 13.2 Å². The van der Waals surface area contributed by atoms with Crippen LogP contribution in [0.2, 0.25) is 10.0 Å². The molecule has 0 amide bonds. The van der Waals surface area contributed by atoms with Crippen LogP contribution in [-0.4, -0.2) is 17.8 Å². The highest BCUT2D eigenvalue weighted by Gasteiger charge is 2.05. The Balaban J connectivity index is 1.92. The van der Waals surface area contributed by atoms with Gasteiger partial charge in [0.1, 0.15) is 12.4 Å². The Kier molecular flexibility index (Phi) is 7.18. The topological polar surface area (TPSA) is 41.5 Å². The first-order chi connectivity index (χ1) is 11.1. The van der Waals surface area contributed by atoms with E-state index >= 15 is 0 Å². The highest BCUT2D eigenvalue weighted by molar-refractivity contribution is 6.42. The lowest BCUT2D eigenvalue weighted by Gasteiger charge is -2.14. The normalized spacial score (nSPS) is 12.2. The number of ether oxygens (including phenoxy) is 1. The van der Waals surface area contributed by atoms with Gasteiger partial charge in [0.2, 0.25) is 0 Å². The summed E-state index contributed by atoms with van der Waals surface area (Å²) >= 11 is 11.9. The molecule has 0 spiro atoms. The Morgan fingerprint density at radius 1 is 1.09 bits per heavy atom. The van der Waals surface area contributed by atoms with Gasteiger partial charge in [0.25, 0.3) is 0 Å². The van der Waals surface area contributed by atoms with E-state index < -0.39 is 0 Å². The van der Waals surface area contributed by atoms with Crippen molar-refractivity contribution < 1.29 is 9.84 Å². The average Bonchev–Trinajstić information content (AvgIpc) is 2.57. The van der Waals surface area contributed by atoms with Crippen LogP contribution >= 0.6 is 23.2 Å². The fourth-order valence-electron chi connectivity index (χ4n) is 2.14. The van der Waals surface area contributed by atoms with Gasteiger partial charge >= 0.3 is 0 Å². The minimum atomic E-state index is 0.121. The molecule has 0 aliphatic heterocycles. The van der Waals surface area contributed by atoms with Gasteiger partial charge in [0.05, 0.1) is 16.7 Å². The molecule has 3 nitrogen and oxygen atoms in total. The maximum absolute atomic E-state index is 9.20. The minimum Gasteiger partial charge on any atom is -0.489 e. The summed E-state index contributed by atoms with van der Waals surface area (Å²) in [5.74, 6) is 0.799. The SMILES string of the molecule is CC[C@H](CO)NCc1cccc(OCc2ccc(Cl)c(Cl)c2)c1. The third-order valence-corrected chi connectivity index (χ3v) is 4.34. The van der Waals surface area contributed by atoms with Gasteiger partial charge in [-0.1, -0.05) is 48.3 Å². The average molecular weight is 354 g/mol. The molecule has 2 rings (SSSR count). The molecule has 0 saturated carbocycles. The first kappa shape index (κ1) is 18.1. The maximum Gasteiger partial charge on any atom is 0.120 e. The second-order valence-corrected chi connectivity index (χ2v) is 6.17. The van der Waals surface area contributed by atoms with Crippen molar-refractivity contribution in [3.63, 3.8) is 0 Å². The number of benzene rings is 2. The molecule has 0 bridgehead atoms. The lowest BCUT2D eigenvalue weighted by molar-refractivity contribution is 0.238. The van der Waals surface area contributed by atoms with E-state index in [0.717, 1.165) is 23.3 Å². The number of rotatable bonds is 8. The van der Waals surface area contributed by atoms with E-state index in [1.807, 2.05) is 43.3 Å². The molecular weight excluding hydrogens is 333 g/mol. The Hall–Kier alpha value is -1.26. The third-order valence-electron chi connectivity index (χ3n) is 3.60. The van der Waals surface area contributed by atoms with Crippen LogP contribution in [0.5, 0.6) is 5.75 Å². The molecular formula is C18H21Cl2NO2. The summed E-state index contributed by atoms with van der Waals surface area (Å²) in [5, 5.41) is 13.6. The Labute approximate surface area is 147 Å². The van der Waals surface area contributed by atoms with Crippen LogP contribution in [0.25, 0.3) is 0 Å². The van der Waals surface area contributed by atoms with Gasteiger partial charge in [0, 0.05) is 12.6 Å². The Morgan fingerprint density at radius 3 is 2.61 bits per heavy atom. The van der Waals surface area contributed by atoms with Gasteiger partial charge in [-0.2, -0.15) is 0 Å². The first-order valence-electron chi connectivity index (χ1n) is 7.62. The number of aliphatic hydroxyl groups is 1. The number of halogens is 2. The summed E-state index contributed by atoms with van der Waals surface area (Å²) in [4.78, 5) is 0. The van der Waals surface area contributed by atoms with E-state index in [-0.39, 0.29) is 12.6 Å². The molecule has 2 aromatic carbocycles. The van der Waals surface area contributed by atoms with Gasteiger partial charge in [-0.25, -0.2) is 0 Å². The summed E-state index contributed by atoms with van der Waals surface area (Å²) in [7, 11) is 0. The van der Waals surface area contributed by atoms with Gasteiger partial charge in [0.15, 0.2) is 0 Å². The Morgan fingerprint density at radius 2 is 1.91 bits per heavy atom. The highest BCUT2D eigenvalue weighted by Crippen LogP contribution is 2.23. The molecule has 0 aromatic heterocycles. The van der Waals surface area contributed by atoms with Gasteiger partial charge in [-0.15, -0.1) is 0 Å². The van der Waals surface area contributed by atoms with Gasteiger partial charge in [-0.3, -0.25) is 0 Å².